The molecule has 0 spiro atoms. The van der Waals surface area contributed by atoms with Gasteiger partial charge in [0.1, 0.15) is 5.82 Å². The molecular weight excluding hydrogens is 218 g/mol. The van der Waals surface area contributed by atoms with Crippen molar-refractivity contribution in [2.24, 2.45) is 5.92 Å². The summed E-state index contributed by atoms with van der Waals surface area (Å²) in [7, 11) is 0. The normalized spacial score (nSPS) is 19.4. The standard InChI is InChI=1S/C12H19N3O2/c1-9(17)10-2-4-15(5-3-10)12-7-13-11(8-16)6-14-12/h6-7,9-10,16-17H,2-5,8H2,1H3. The van der Waals surface area contributed by atoms with Crippen molar-refractivity contribution in [3.8, 4) is 0 Å². The Morgan fingerprint density at radius 3 is 2.53 bits per heavy atom. The lowest BCUT2D eigenvalue weighted by Crippen LogP contribution is -2.37. The van der Waals surface area contributed by atoms with Crippen molar-refractivity contribution in [1.29, 1.82) is 0 Å². The number of nitrogens with zero attached hydrogens (tertiary/aromatic N) is 3. The van der Waals surface area contributed by atoms with E-state index in [1.54, 1.807) is 12.4 Å². The van der Waals surface area contributed by atoms with Crippen molar-refractivity contribution in [2.75, 3.05) is 18.0 Å². The first kappa shape index (κ1) is 12.3. The Morgan fingerprint density at radius 1 is 1.35 bits per heavy atom. The minimum absolute atomic E-state index is 0.0720. The minimum Gasteiger partial charge on any atom is -0.393 e. The van der Waals surface area contributed by atoms with E-state index in [2.05, 4.69) is 14.9 Å². The highest BCUT2D eigenvalue weighted by Gasteiger charge is 2.23. The molecule has 1 aliphatic rings. The Labute approximate surface area is 101 Å². The second-order valence-electron chi connectivity index (χ2n) is 4.59. The first-order chi connectivity index (χ1) is 8.20. The molecule has 5 heteroatoms. The summed E-state index contributed by atoms with van der Waals surface area (Å²) in [4.78, 5) is 10.6. The molecule has 2 rings (SSSR count). The number of hydrogen-bond acceptors (Lipinski definition) is 5. The number of aromatic nitrogens is 2. The maximum atomic E-state index is 9.53. The van der Waals surface area contributed by atoms with Crippen molar-refractivity contribution < 1.29 is 10.2 Å². The number of rotatable bonds is 3. The largest absolute Gasteiger partial charge is 0.393 e. The molecule has 1 unspecified atom stereocenters. The smallest absolute Gasteiger partial charge is 0.147 e. The molecule has 1 aliphatic heterocycles. The van der Waals surface area contributed by atoms with Crippen LogP contribution in [0.3, 0.4) is 0 Å². The van der Waals surface area contributed by atoms with Crippen LogP contribution in [0.25, 0.3) is 0 Å². The third-order valence-corrected chi connectivity index (χ3v) is 3.40. The zero-order valence-electron chi connectivity index (χ0n) is 10.1. The Hall–Kier alpha value is -1.20. The lowest BCUT2D eigenvalue weighted by Gasteiger charge is -2.33. The summed E-state index contributed by atoms with van der Waals surface area (Å²) < 4.78 is 0. The zero-order chi connectivity index (χ0) is 12.3. The molecule has 94 valence electrons. The van der Waals surface area contributed by atoms with Gasteiger partial charge in [-0.2, -0.15) is 0 Å². The Morgan fingerprint density at radius 2 is 2.06 bits per heavy atom. The fourth-order valence-electron chi connectivity index (χ4n) is 2.20. The van der Waals surface area contributed by atoms with E-state index in [0.29, 0.717) is 11.6 Å². The van der Waals surface area contributed by atoms with Crippen LogP contribution in [0.1, 0.15) is 25.5 Å². The second-order valence-corrected chi connectivity index (χ2v) is 4.59. The molecular formula is C12H19N3O2. The molecule has 0 saturated carbocycles. The second kappa shape index (κ2) is 5.42. The van der Waals surface area contributed by atoms with E-state index >= 15 is 0 Å². The summed E-state index contributed by atoms with van der Waals surface area (Å²) >= 11 is 0. The van der Waals surface area contributed by atoms with E-state index in [1.807, 2.05) is 6.92 Å². The average Bonchev–Trinajstić information content (AvgIpc) is 2.39. The number of piperidine rings is 1. The molecule has 0 aliphatic carbocycles. The van der Waals surface area contributed by atoms with Crippen LogP contribution in [-0.2, 0) is 6.61 Å². The summed E-state index contributed by atoms with van der Waals surface area (Å²) in [6.45, 7) is 3.60. The van der Waals surface area contributed by atoms with E-state index in [-0.39, 0.29) is 12.7 Å². The van der Waals surface area contributed by atoms with Crippen molar-refractivity contribution in [3.63, 3.8) is 0 Å². The summed E-state index contributed by atoms with van der Waals surface area (Å²) in [5.41, 5.74) is 0.590. The van der Waals surface area contributed by atoms with Gasteiger partial charge < -0.3 is 15.1 Å². The molecule has 2 N–H and O–H groups in total. The number of aliphatic hydroxyl groups excluding tert-OH is 2. The molecule has 1 atom stereocenters. The topological polar surface area (TPSA) is 69.5 Å². The van der Waals surface area contributed by atoms with Gasteiger partial charge in [-0.15, -0.1) is 0 Å². The maximum absolute atomic E-state index is 9.53. The van der Waals surface area contributed by atoms with Crippen molar-refractivity contribution in [1.82, 2.24) is 9.97 Å². The van der Waals surface area contributed by atoms with Crippen LogP contribution >= 0.6 is 0 Å². The molecule has 17 heavy (non-hydrogen) atoms. The van der Waals surface area contributed by atoms with E-state index in [1.165, 1.54) is 0 Å². The molecule has 1 aromatic rings. The van der Waals surface area contributed by atoms with Gasteiger partial charge in [-0.25, -0.2) is 4.98 Å². The molecule has 0 aromatic carbocycles. The monoisotopic (exact) mass is 237 g/mol. The summed E-state index contributed by atoms with van der Waals surface area (Å²) in [6, 6.07) is 0. The first-order valence-corrected chi connectivity index (χ1v) is 6.05. The zero-order valence-corrected chi connectivity index (χ0v) is 10.1. The molecule has 0 amide bonds. The van der Waals surface area contributed by atoms with Crippen LogP contribution in [0.5, 0.6) is 0 Å². The molecule has 1 saturated heterocycles. The number of aliphatic hydroxyl groups is 2. The highest BCUT2D eigenvalue weighted by molar-refractivity contribution is 5.36. The van der Waals surface area contributed by atoms with E-state index in [4.69, 9.17) is 5.11 Å². The summed E-state index contributed by atoms with van der Waals surface area (Å²) in [6.07, 6.45) is 5.06. The third-order valence-electron chi connectivity index (χ3n) is 3.40. The van der Waals surface area contributed by atoms with Gasteiger partial charge in [0, 0.05) is 13.1 Å². The molecule has 1 aromatic heterocycles. The average molecular weight is 237 g/mol. The predicted molar refractivity (Wildman–Crippen MR) is 64.6 cm³/mol. The Bertz CT molecular complexity index is 345. The third kappa shape index (κ3) is 2.92. The fourth-order valence-corrected chi connectivity index (χ4v) is 2.20. The van der Waals surface area contributed by atoms with Crippen LogP contribution in [0.15, 0.2) is 12.4 Å². The van der Waals surface area contributed by atoms with Gasteiger partial charge in [-0.3, -0.25) is 4.98 Å². The van der Waals surface area contributed by atoms with Crippen LogP contribution in [0, 0.1) is 5.92 Å². The number of hydrogen-bond donors (Lipinski definition) is 2. The quantitative estimate of drug-likeness (QED) is 0.804. The first-order valence-electron chi connectivity index (χ1n) is 6.05. The molecule has 5 nitrogen and oxygen atoms in total. The Balaban J connectivity index is 1.95. The van der Waals surface area contributed by atoms with Crippen LogP contribution < -0.4 is 4.90 Å². The van der Waals surface area contributed by atoms with E-state index in [0.717, 1.165) is 31.7 Å². The lowest BCUT2D eigenvalue weighted by molar-refractivity contribution is 0.109. The predicted octanol–water partition coefficient (Wildman–Crippen LogP) is 0.566. The van der Waals surface area contributed by atoms with Crippen LogP contribution in [-0.4, -0.2) is 39.4 Å². The molecule has 0 radical (unpaired) electrons. The molecule has 1 fully saturated rings. The van der Waals surface area contributed by atoms with Gasteiger partial charge in [0.15, 0.2) is 0 Å². The van der Waals surface area contributed by atoms with Gasteiger partial charge in [0.25, 0.3) is 0 Å². The SMILES string of the molecule is CC(O)C1CCN(c2cnc(CO)cn2)CC1. The summed E-state index contributed by atoms with van der Waals surface area (Å²) in [5.74, 6) is 1.25. The summed E-state index contributed by atoms with van der Waals surface area (Å²) in [5, 5.41) is 18.4. The van der Waals surface area contributed by atoms with Gasteiger partial charge in [0.2, 0.25) is 0 Å². The van der Waals surface area contributed by atoms with Crippen molar-refractivity contribution in [3.05, 3.63) is 18.1 Å². The van der Waals surface area contributed by atoms with Crippen molar-refractivity contribution in [2.45, 2.75) is 32.5 Å². The van der Waals surface area contributed by atoms with Gasteiger partial charge >= 0.3 is 0 Å². The number of anilines is 1. The fraction of sp³-hybridized carbons (Fsp3) is 0.667. The Kier molecular flexibility index (Phi) is 3.91. The molecule has 0 bridgehead atoms. The van der Waals surface area contributed by atoms with Gasteiger partial charge in [-0.1, -0.05) is 0 Å². The molecule has 2 heterocycles. The highest BCUT2D eigenvalue weighted by Crippen LogP contribution is 2.23. The van der Waals surface area contributed by atoms with E-state index < -0.39 is 0 Å². The lowest BCUT2D eigenvalue weighted by atomic mass is 9.92. The van der Waals surface area contributed by atoms with E-state index in [9.17, 15) is 5.11 Å². The highest BCUT2D eigenvalue weighted by atomic mass is 16.3. The maximum Gasteiger partial charge on any atom is 0.147 e. The van der Waals surface area contributed by atoms with Crippen LogP contribution in [0.2, 0.25) is 0 Å². The van der Waals surface area contributed by atoms with Gasteiger partial charge in [-0.05, 0) is 25.7 Å². The van der Waals surface area contributed by atoms with Gasteiger partial charge in [0.05, 0.1) is 30.8 Å². The van der Waals surface area contributed by atoms with Crippen molar-refractivity contribution >= 4 is 5.82 Å². The van der Waals surface area contributed by atoms with Crippen LogP contribution in [0.4, 0.5) is 5.82 Å². The minimum atomic E-state index is -0.222.